The third-order valence-electron chi connectivity index (χ3n) is 5.07. The molecule has 0 spiro atoms. The Hall–Kier alpha value is -4.09. The van der Waals surface area contributed by atoms with Crippen molar-refractivity contribution >= 4 is 28.6 Å². The zero-order valence-corrected chi connectivity index (χ0v) is 18.6. The van der Waals surface area contributed by atoms with Gasteiger partial charge in [-0.15, -0.1) is 0 Å². The van der Waals surface area contributed by atoms with Gasteiger partial charge in [0.25, 0.3) is 11.5 Å². The molecule has 0 bridgehead atoms. The summed E-state index contributed by atoms with van der Waals surface area (Å²) in [5.74, 6) is -0.549. The van der Waals surface area contributed by atoms with Crippen molar-refractivity contribution in [2.24, 2.45) is 0 Å². The first-order valence-corrected chi connectivity index (χ1v) is 10.7. The summed E-state index contributed by atoms with van der Waals surface area (Å²) in [5.41, 5.74) is 1.09. The number of hydrogen-bond acceptors (Lipinski definition) is 7. The number of nitrogens with zero attached hydrogens (tertiary/aromatic N) is 4. The van der Waals surface area contributed by atoms with Gasteiger partial charge in [0.1, 0.15) is 11.3 Å². The minimum atomic E-state index is -1.20. The van der Waals surface area contributed by atoms with Crippen LogP contribution >= 0.6 is 0 Å². The van der Waals surface area contributed by atoms with E-state index in [0.717, 1.165) is 10.6 Å². The molecular formula is C23H23N5O6. The molecule has 4 rings (SSSR count). The predicted octanol–water partition coefficient (Wildman–Crippen LogP) is 2.57. The first-order chi connectivity index (χ1) is 16.4. The summed E-state index contributed by atoms with van der Waals surface area (Å²) in [7, 11) is 0. The number of carboxylic acid groups (broad SMARTS) is 1. The van der Waals surface area contributed by atoms with Gasteiger partial charge in [-0.3, -0.25) is 19.0 Å². The quantitative estimate of drug-likeness (QED) is 0.379. The maximum absolute atomic E-state index is 12.6. The number of carbonyl (C=O) groups excluding carboxylic acids is 1. The lowest BCUT2D eigenvalue weighted by molar-refractivity contribution is -0.143. The molecule has 176 valence electrons. The Kier molecular flexibility index (Phi) is 6.66. The van der Waals surface area contributed by atoms with Gasteiger partial charge in [0, 0.05) is 37.1 Å². The minimum absolute atomic E-state index is 0.00505. The van der Waals surface area contributed by atoms with Gasteiger partial charge in [-0.1, -0.05) is 6.07 Å². The fraction of sp³-hybridized carbons (Fsp3) is 0.261. The Morgan fingerprint density at radius 1 is 1.15 bits per heavy atom. The van der Waals surface area contributed by atoms with Crippen molar-refractivity contribution in [2.75, 3.05) is 13.2 Å². The second-order valence-electron chi connectivity index (χ2n) is 7.26. The molecule has 0 unspecified atom stereocenters. The second-order valence-corrected chi connectivity index (χ2v) is 7.26. The number of nitrogens with one attached hydrogen (secondary N) is 1. The molecule has 0 atom stereocenters. The summed E-state index contributed by atoms with van der Waals surface area (Å²) in [6.07, 6.45) is 1.05. The highest BCUT2D eigenvalue weighted by molar-refractivity contribution is 5.93. The van der Waals surface area contributed by atoms with E-state index in [9.17, 15) is 19.5 Å². The van der Waals surface area contributed by atoms with Gasteiger partial charge in [0.05, 0.1) is 23.4 Å². The van der Waals surface area contributed by atoms with Crippen molar-refractivity contribution in [3.63, 3.8) is 0 Å². The van der Waals surface area contributed by atoms with Crippen LogP contribution in [-0.2, 0) is 16.0 Å². The molecule has 1 amide bonds. The van der Waals surface area contributed by atoms with Gasteiger partial charge in [-0.05, 0) is 38.1 Å². The molecule has 0 fully saturated rings. The van der Waals surface area contributed by atoms with E-state index < -0.39 is 18.3 Å². The molecule has 4 aromatic heterocycles. The largest absolute Gasteiger partial charge is 0.464 e. The van der Waals surface area contributed by atoms with Gasteiger partial charge in [0.15, 0.2) is 6.29 Å². The summed E-state index contributed by atoms with van der Waals surface area (Å²) in [5, 5.41) is 13.1. The van der Waals surface area contributed by atoms with Crippen LogP contribution in [0.1, 0.15) is 42.0 Å². The Morgan fingerprint density at radius 2 is 1.91 bits per heavy atom. The standard InChI is InChI=1S/C23H23N5O6/c1-3-33-22(34-4-2)18-9-14-12-24-15(10-17(14)28(18)23(31)32)13-25-21(30)16-11-20(29)27-8-6-5-7-19(27)26-16/h5-12,22H,3-4,13H2,1-2H3,(H,25,30)(H,31,32). The molecule has 0 aromatic carbocycles. The number of pyridine rings is 2. The van der Waals surface area contributed by atoms with Crippen LogP contribution in [0.5, 0.6) is 0 Å². The molecule has 4 heterocycles. The van der Waals surface area contributed by atoms with Crippen molar-refractivity contribution in [2.45, 2.75) is 26.7 Å². The maximum atomic E-state index is 12.6. The Morgan fingerprint density at radius 3 is 2.62 bits per heavy atom. The van der Waals surface area contributed by atoms with Crippen molar-refractivity contribution in [1.29, 1.82) is 0 Å². The van der Waals surface area contributed by atoms with Gasteiger partial charge < -0.3 is 19.9 Å². The van der Waals surface area contributed by atoms with Gasteiger partial charge in [-0.2, -0.15) is 0 Å². The Bertz CT molecular complexity index is 1420. The molecule has 0 saturated heterocycles. The SMILES string of the molecule is CCOC(OCC)c1cc2cnc(CNC(=O)c3cc(=O)n4ccccc4n3)cc2n1C(=O)O. The van der Waals surface area contributed by atoms with Gasteiger partial charge >= 0.3 is 6.09 Å². The van der Waals surface area contributed by atoms with E-state index >= 15 is 0 Å². The van der Waals surface area contributed by atoms with E-state index in [1.54, 1.807) is 50.4 Å². The normalized spacial score (nSPS) is 11.4. The van der Waals surface area contributed by atoms with Crippen LogP contribution in [0.3, 0.4) is 0 Å². The summed E-state index contributed by atoms with van der Waals surface area (Å²) in [4.78, 5) is 45.4. The van der Waals surface area contributed by atoms with E-state index in [1.807, 2.05) is 0 Å². The fourth-order valence-corrected chi connectivity index (χ4v) is 3.60. The zero-order chi connectivity index (χ0) is 24.2. The van der Waals surface area contributed by atoms with E-state index in [1.165, 1.54) is 10.6 Å². The summed E-state index contributed by atoms with van der Waals surface area (Å²) >= 11 is 0. The van der Waals surface area contributed by atoms with Crippen LogP contribution < -0.4 is 10.9 Å². The average Bonchev–Trinajstić information content (AvgIpc) is 3.21. The molecule has 0 aliphatic rings. The monoisotopic (exact) mass is 465 g/mol. The smallest absolute Gasteiger partial charge is 0.416 e. The molecule has 4 aromatic rings. The molecule has 34 heavy (non-hydrogen) atoms. The lowest BCUT2D eigenvalue weighted by Gasteiger charge is -2.17. The number of aromatic nitrogens is 4. The molecule has 0 saturated carbocycles. The van der Waals surface area contributed by atoms with Crippen molar-refractivity contribution in [3.8, 4) is 0 Å². The number of rotatable bonds is 8. The number of fused-ring (bicyclic) bond motifs is 2. The highest BCUT2D eigenvalue weighted by Crippen LogP contribution is 2.27. The van der Waals surface area contributed by atoms with Crippen LogP contribution in [0.2, 0.25) is 0 Å². The Labute approximate surface area is 193 Å². The molecule has 2 N–H and O–H groups in total. The van der Waals surface area contributed by atoms with E-state index in [4.69, 9.17) is 9.47 Å². The fourth-order valence-electron chi connectivity index (χ4n) is 3.60. The van der Waals surface area contributed by atoms with E-state index in [-0.39, 0.29) is 17.8 Å². The highest BCUT2D eigenvalue weighted by atomic mass is 16.7. The molecule has 0 aliphatic carbocycles. The minimum Gasteiger partial charge on any atom is -0.464 e. The molecule has 11 nitrogen and oxygen atoms in total. The lowest BCUT2D eigenvalue weighted by Crippen LogP contribution is -2.27. The molecule has 0 radical (unpaired) electrons. The third-order valence-corrected chi connectivity index (χ3v) is 5.07. The lowest BCUT2D eigenvalue weighted by atomic mass is 10.2. The number of amides is 1. The van der Waals surface area contributed by atoms with Gasteiger partial charge in [-0.25, -0.2) is 14.3 Å². The summed E-state index contributed by atoms with van der Waals surface area (Å²) in [6, 6.07) is 9.43. The molecule has 11 heteroatoms. The van der Waals surface area contributed by atoms with Crippen LogP contribution in [0.15, 0.2) is 53.6 Å². The van der Waals surface area contributed by atoms with Crippen LogP contribution in [-0.4, -0.2) is 49.3 Å². The van der Waals surface area contributed by atoms with Gasteiger partial charge in [0.2, 0.25) is 0 Å². The van der Waals surface area contributed by atoms with Crippen LogP contribution in [0, 0.1) is 0 Å². The van der Waals surface area contributed by atoms with Crippen molar-refractivity contribution in [1.82, 2.24) is 24.3 Å². The summed E-state index contributed by atoms with van der Waals surface area (Å²) in [6.45, 7) is 4.27. The first-order valence-electron chi connectivity index (χ1n) is 10.7. The van der Waals surface area contributed by atoms with Crippen LogP contribution in [0.4, 0.5) is 4.79 Å². The predicted molar refractivity (Wildman–Crippen MR) is 122 cm³/mol. The first kappa shape index (κ1) is 23.1. The summed E-state index contributed by atoms with van der Waals surface area (Å²) < 4.78 is 13.6. The second kappa shape index (κ2) is 9.81. The number of hydrogen-bond donors (Lipinski definition) is 2. The maximum Gasteiger partial charge on any atom is 0.416 e. The van der Waals surface area contributed by atoms with E-state index in [2.05, 4.69) is 15.3 Å². The van der Waals surface area contributed by atoms with Crippen LogP contribution in [0.25, 0.3) is 16.6 Å². The number of carbonyl (C=O) groups is 2. The topological polar surface area (TPSA) is 137 Å². The Balaban J connectivity index is 1.60. The molecule has 0 aliphatic heterocycles. The average molecular weight is 465 g/mol. The molecular weight excluding hydrogens is 442 g/mol. The number of ether oxygens (including phenoxy) is 2. The zero-order valence-electron chi connectivity index (χ0n) is 18.6. The van der Waals surface area contributed by atoms with Crippen molar-refractivity contribution < 1.29 is 24.2 Å². The third kappa shape index (κ3) is 4.51. The highest BCUT2D eigenvalue weighted by Gasteiger charge is 2.23. The van der Waals surface area contributed by atoms with E-state index in [0.29, 0.717) is 41.2 Å². The van der Waals surface area contributed by atoms with Crippen molar-refractivity contribution in [3.05, 3.63) is 76.2 Å².